The number of hydrogen-bond acceptors (Lipinski definition) is 18. The van der Waals surface area contributed by atoms with Crippen molar-refractivity contribution in [2.24, 2.45) is 18.5 Å². The van der Waals surface area contributed by atoms with E-state index in [0.29, 0.717) is 31.1 Å². The third kappa shape index (κ3) is 14.5. The smallest absolute Gasteiger partial charge is 0.388 e. The minimum Gasteiger partial charge on any atom is -0.806 e. The lowest BCUT2D eigenvalue weighted by Gasteiger charge is -2.12. The molecule has 356 valence electrons. The summed E-state index contributed by atoms with van der Waals surface area (Å²) in [6.45, 7) is 7.47. The maximum absolute atomic E-state index is 12.4. The van der Waals surface area contributed by atoms with Crippen LogP contribution in [0.1, 0.15) is 39.8 Å². The van der Waals surface area contributed by atoms with Gasteiger partial charge < -0.3 is 21.1 Å². The van der Waals surface area contributed by atoms with E-state index < -0.39 is 32.1 Å². The molecular formula is C37H44Br2N18O6S4. The predicted molar refractivity (Wildman–Crippen MR) is 254 cm³/mol. The van der Waals surface area contributed by atoms with Gasteiger partial charge in [-0.3, -0.25) is 9.36 Å². The Balaban J connectivity index is 0.000000197. The second-order valence-corrected chi connectivity index (χ2v) is 21.4. The first-order valence-electron chi connectivity index (χ1n) is 19.3. The summed E-state index contributed by atoms with van der Waals surface area (Å²) in [6.07, 6.45) is 6.00. The predicted octanol–water partition coefficient (Wildman–Crippen LogP) is 3.89. The minimum atomic E-state index is -4.13. The van der Waals surface area contributed by atoms with Crippen LogP contribution in [-0.4, -0.2) is 103 Å². The molecule has 0 aliphatic heterocycles. The normalized spacial score (nSPS) is 11.7. The average Bonchev–Trinajstić information content (AvgIpc) is 4.10. The molecule has 7 rings (SSSR count). The number of nitrogens with two attached hydrogens (primary N) is 1. The van der Waals surface area contributed by atoms with Gasteiger partial charge in [-0.25, -0.2) is 23.4 Å². The van der Waals surface area contributed by atoms with Crippen LogP contribution >= 0.6 is 55.4 Å². The standard InChI is InChI=1S/C15H17BrN8O3S2.C14H19N5O3S.C8H8BrN5S/c1-9(2)24-7-6-13(19-24)29(26,27)20-14(25)17-11-8-10(16)4-5-12(11)28-15-18-21-22-23(15)3;1-11(2)19-10-7-13(15-19)23(21,22)16-14(20)18-8-5-12(6-9-18)17(3)4;1-14-8(11-12-13-14)15-7-3-2-5(9)4-6(7)10/h4-9H,1-3H3,(H2,17,20,25);5-11H,1-4H3;2-4H,10H2,1H3. The van der Waals surface area contributed by atoms with Crippen LogP contribution in [0.5, 0.6) is 0 Å². The second kappa shape index (κ2) is 22.7. The van der Waals surface area contributed by atoms with Crippen molar-refractivity contribution in [2.75, 3.05) is 30.0 Å². The number of anilines is 3. The van der Waals surface area contributed by atoms with Gasteiger partial charge in [0.15, 0.2) is 5.03 Å². The lowest BCUT2D eigenvalue weighted by atomic mass is 10.3. The van der Waals surface area contributed by atoms with E-state index in [1.165, 1.54) is 74.5 Å². The maximum atomic E-state index is 12.4. The fraction of sp³-hybridized carbons (Fsp3) is 0.270. The van der Waals surface area contributed by atoms with Gasteiger partial charge in [0.25, 0.3) is 16.0 Å². The van der Waals surface area contributed by atoms with E-state index in [-0.39, 0.29) is 22.1 Å². The third-order valence-electron chi connectivity index (χ3n) is 8.47. The summed E-state index contributed by atoms with van der Waals surface area (Å²) in [4.78, 5) is 15.8. The molecule has 0 aliphatic carbocycles. The molecule has 5 aromatic heterocycles. The zero-order chi connectivity index (χ0) is 49.2. The van der Waals surface area contributed by atoms with Crippen molar-refractivity contribution >= 4 is 105 Å². The van der Waals surface area contributed by atoms with E-state index in [2.05, 4.69) is 82.8 Å². The number of sulfonamides is 2. The highest BCUT2D eigenvalue weighted by Gasteiger charge is 2.25. The number of pyridine rings is 1. The van der Waals surface area contributed by atoms with Crippen LogP contribution < -0.4 is 30.3 Å². The molecule has 0 radical (unpaired) electrons. The summed E-state index contributed by atoms with van der Waals surface area (Å²) >= 11 is 9.34. The molecule has 2 aromatic carbocycles. The monoisotopic (exact) mass is 1120 g/mol. The molecule has 5 heterocycles. The largest absolute Gasteiger partial charge is 0.806 e. The van der Waals surface area contributed by atoms with Gasteiger partial charge in [0.2, 0.25) is 15.3 Å². The number of nitrogens with one attached hydrogen (secondary N) is 2. The zero-order valence-corrected chi connectivity index (χ0v) is 43.3. The minimum absolute atomic E-state index is 0.0101. The van der Waals surface area contributed by atoms with Crippen LogP contribution in [0.2, 0.25) is 0 Å². The quantitative estimate of drug-likeness (QED) is 0.0676. The van der Waals surface area contributed by atoms with E-state index in [9.17, 15) is 26.7 Å². The van der Waals surface area contributed by atoms with Crippen molar-refractivity contribution in [1.82, 2.24) is 64.7 Å². The number of hydrogen-bond donors (Lipinski definition) is 3. The highest BCUT2D eigenvalue weighted by atomic mass is 79.9. The maximum Gasteiger partial charge on any atom is 0.388 e. The molecule has 0 saturated heterocycles. The molecule has 0 aliphatic rings. The Morgan fingerprint density at radius 2 is 1.30 bits per heavy atom. The molecule has 4 N–H and O–H groups in total. The van der Waals surface area contributed by atoms with Crippen molar-refractivity contribution in [2.45, 2.75) is 69.9 Å². The summed E-state index contributed by atoms with van der Waals surface area (Å²) in [5.41, 5.74) is 7.83. The lowest BCUT2D eigenvalue weighted by Crippen LogP contribution is -2.51. The first-order valence-corrected chi connectivity index (χ1v) is 25.5. The summed E-state index contributed by atoms with van der Waals surface area (Å²) < 4.78 is 63.2. The SMILES string of the molecule is CC(C)n1ccc(S(=O)(=O)N=C([O-])[n+]2ccc(N(C)C)cc2)n1.CC(C)n1ccc(S(=O)(=O)NC(=O)Nc2cc(Br)ccc2Sc2nnnn2C)n1.Cn1nnnc1Sc1ccc(Br)cc1N. The molecule has 24 nitrogen and oxygen atoms in total. The number of carbonyl (C=O) groups excluding carboxylic acids is 1. The molecule has 0 bridgehead atoms. The van der Waals surface area contributed by atoms with Gasteiger partial charge in [0, 0.05) is 99.3 Å². The Morgan fingerprint density at radius 1 is 0.791 bits per heavy atom. The fourth-order valence-corrected chi connectivity index (χ4v) is 8.93. The Morgan fingerprint density at radius 3 is 1.79 bits per heavy atom. The van der Waals surface area contributed by atoms with Crippen molar-refractivity contribution in [1.29, 1.82) is 0 Å². The molecule has 0 fully saturated rings. The van der Waals surface area contributed by atoms with Crippen LogP contribution in [-0.2, 0) is 34.1 Å². The van der Waals surface area contributed by atoms with Crippen LogP contribution in [0.4, 0.5) is 21.9 Å². The fourth-order valence-electron chi connectivity index (χ4n) is 4.97. The number of amides is 2. The molecule has 7 aromatic rings. The highest BCUT2D eigenvalue weighted by molar-refractivity contribution is 9.10. The van der Waals surface area contributed by atoms with Gasteiger partial charge in [-0.15, -0.1) is 10.2 Å². The Kier molecular flexibility index (Phi) is 17.6. The zero-order valence-electron chi connectivity index (χ0n) is 36.9. The Labute approximate surface area is 410 Å². The van der Waals surface area contributed by atoms with E-state index in [1.54, 1.807) is 49.1 Å². The number of nitrogen functional groups attached to an aromatic ring is 1. The summed E-state index contributed by atoms with van der Waals surface area (Å²) in [7, 11) is -1.06. The summed E-state index contributed by atoms with van der Waals surface area (Å²) in [5.74, 6) is 0. The molecule has 67 heavy (non-hydrogen) atoms. The van der Waals surface area contributed by atoms with Gasteiger partial charge >= 0.3 is 16.1 Å². The van der Waals surface area contributed by atoms with E-state index in [0.717, 1.165) is 19.6 Å². The highest BCUT2D eigenvalue weighted by Crippen LogP contribution is 2.34. The van der Waals surface area contributed by atoms with Crippen LogP contribution in [0, 0.1) is 0 Å². The van der Waals surface area contributed by atoms with Gasteiger partial charge in [-0.1, -0.05) is 31.9 Å². The number of benzene rings is 2. The van der Waals surface area contributed by atoms with Crippen molar-refractivity contribution < 1.29 is 31.3 Å². The van der Waals surface area contributed by atoms with Gasteiger partial charge in [-0.2, -0.15) is 27.0 Å². The number of urea groups is 1. The molecule has 0 atom stereocenters. The van der Waals surface area contributed by atoms with Crippen molar-refractivity contribution in [3.05, 3.63) is 94.4 Å². The number of aryl methyl sites for hydroxylation is 2. The topological polar surface area (TPSA) is 301 Å². The molecule has 0 saturated carbocycles. The molecule has 0 spiro atoms. The van der Waals surface area contributed by atoms with Crippen molar-refractivity contribution in [3.8, 4) is 0 Å². The van der Waals surface area contributed by atoms with Crippen LogP contribution in [0.3, 0.4) is 0 Å². The van der Waals surface area contributed by atoms with E-state index >= 15 is 0 Å². The summed E-state index contributed by atoms with van der Waals surface area (Å²) in [6, 6.07) is 15.1. The third-order valence-corrected chi connectivity index (χ3v) is 14.0. The number of rotatable bonds is 12. The molecule has 0 unspecified atom stereocenters. The van der Waals surface area contributed by atoms with Gasteiger partial charge in [0.1, 0.15) is 0 Å². The van der Waals surface area contributed by atoms with Gasteiger partial charge in [-0.05, 0) is 121 Å². The van der Waals surface area contributed by atoms with E-state index in [1.807, 2.05) is 69.6 Å². The first-order chi connectivity index (χ1) is 31.5. The lowest BCUT2D eigenvalue weighted by molar-refractivity contribution is -0.613. The van der Waals surface area contributed by atoms with Crippen LogP contribution in [0.15, 0.2) is 129 Å². The number of nitrogens with zero attached hydrogens (tertiary/aromatic N) is 15. The number of carbonyl (C=O) groups is 1. The van der Waals surface area contributed by atoms with Gasteiger partial charge in [0.05, 0.1) is 18.1 Å². The number of halogens is 2. The number of aromatic nitrogens is 13. The summed E-state index contributed by atoms with van der Waals surface area (Å²) in [5, 5.41) is 45.6. The number of tetrazole rings is 2. The Bertz CT molecular complexity index is 3060. The molecule has 30 heteroatoms. The van der Waals surface area contributed by atoms with Crippen LogP contribution in [0.25, 0.3) is 0 Å². The average molecular weight is 1120 g/mol. The molecular weight excluding hydrogens is 1080 g/mol. The second-order valence-electron chi connectivity index (χ2n) is 14.4. The first kappa shape index (κ1) is 52.0. The van der Waals surface area contributed by atoms with Crippen molar-refractivity contribution in [3.63, 3.8) is 0 Å². The van der Waals surface area contributed by atoms with E-state index in [4.69, 9.17) is 5.73 Å². The molecule has 2 amide bonds. The Hall–Kier alpha value is -5.95.